The fourth-order valence-electron chi connectivity index (χ4n) is 3.43. The van der Waals surface area contributed by atoms with E-state index in [0.717, 1.165) is 27.7 Å². The maximum atomic E-state index is 12.2. The van der Waals surface area contributed by atoms with Crippen LogP contribution < -0.4 is 9.47 Å². The fraction of sp³-hybridized carbons (Fsp3) is 0.522. The predicted molar refractivity (Wildman–Crippen MR) is 116 cm³/mol. The smallest absolute Gasteiger partial charge is 0.303 e. The minimum Gasteiger partial charge on any atom is -0.497 e. The number of benzene rings is 1. The van der Waals surface area contributed by atoms with Crippen LogP contribution in [-0.2, 0) is 42.9 Å². The summed E-state index contributed by atoms with van der Waals surface area (Å²) in [7, 11) is 1.42. The number of carbonyl (C=O) groups excluding carboxylic acids is 5. The Morgan fingerprint density at radius 2 is 1.37 bits per heavy atom. The zero-order valence-electron chi connectivity index (χ0n) is 20.2. The second kappa shape index (κ2) is 12.2. The highest BCUT2D eigenvalue weighted by Gasteiger charge is 2.53. The molecule has 192 valence electrons. The molecule has 0 unspecified atom stereocenters. The monoisotopic (exact) mass is 496 g/mol. The summed E-state index contributed by atoms with van der Waals surface area (Å²) in [5.74, 6) is -2.91. The van der Waals surface area contributed by atoms with Gasteiger partial charge in [-0.05, 0) is 19.1 Å². The summed E-state index contributed by atoms with van der Waals surface area (Å²) in [6.45, 7) is 5.42. The van der Waals surface area contributed by atoms with E-state index >= 15 is 0 Å². The topological polar surface area (TPSA) is 150 Å². The molecule has 35 heavy (non-hydrogen) atoms. The molecule has 1 aromatic rings. The van der Waals surface area contributed by atoms with Crippen molar-refractivity contribution in [3.8, 4) is 11.5 Å². The zero-order chi connectivity index (χ0) is 26.3. The highest BCUT2D eigenvalue weighted by molar-refractivity contribution is 5.97. The summed E-state index contributed by atoms with van der Waals surface area (Å²) in [6.07, 6.45) is -6.81. The lowest BCUT2D eigenvalue weighted by molar-refractivity contribution is -0.288. The maximum absolute atomic E-state index is 12.2. The van der Waals surface area contributed by atoms with Crippen LogP contribution in [0, 0.1) is 0 Å². The zero-order valence-corrected chi connectivity index (χ0v) is 20.2. The first kappa shape index (κ1) is 27.6. The van der Waals surface area contributed by atoms with E-state index in [1.807, 2.05) is 0 Å². The molecule has 5 atom stereocenters. The van der Waals surface area contributed by atoms with Crippen molar-refractivity contribution in [2.45, 2.75) is 65.3 Å². The van der Waals surface area contributed by atoms with E-state index in [1.54, 1.807) is 6.07 Å². The van der Waals surface area contributed by atoms with Gasteiger partial charge in [0.05, 0.1) is 12.7 Å². The van der Waals surface area contributed by atoms with Crippen LogP contribution in [0.25, 0.3) is 0 Å². The van der Waals surface area contributed by atoms with Crippen molar-refractivity contribution in [2.75, 3.05) is 13.7 Å². The molecular weight excluding hydrogens is 468 g/mol. The van der Waals surface area contributed by atoms with Crippen molar-refractivity contribution >= 4 is 29.7 Å². The first-order valence-corrected chi connectivity index (χ1v) is 10.6. The molecule has 2 rings (SSSR count). The van der Waals surface area contributed by atoms with Gasteiger partial charge in [-0.1, -0.05) is 0 Å². The van der Waals surface area contributed by atoms with Gasteiger partial charge in [0.1, 0.15) is 24.2 Å². The van der Waals surface area contributed by atoms with Gasteiger partial charge in [-0.15, -0.1) is 0 Å². The van der Waals surface area contributed by atoms with Gasteiger partial charge in [-0.2, -0.15) is 0 Å². The van der Waals surface area contributed by atoms with E-state index in [2.05, 4.69) is 0 Å². The molecule has 0 radical (unpaired) electrons. The summed E-state index contributed by atoms with van der Waals surface area (Å²) in [4.78, 5) is 59.2. The standard InChI is InChI=1S/C23H28O12/c1-11(24)17-8-7-16(29-6)9-18(17)34-23-22(33-15(5)28)21(32-14(4)27)20(31-13(3)26)19(35-23)10-30-12(2)25/h7-9,19-23H,10H2,1-6H3/t19-,20-,21+,22-,23+/m0/s1. The lowest BCUT2D eigenvalue weighted by atomic mass is 9.98. The van der Waals surface area contributed by atoms with Gasteiger partial charge >= 0.3 is 23.9 Å². The molecular formula is C23H28O12. The van der Waals surface area contributed by atoms with Crippen molar-refractivity contribution in [1.82, 2.24) is 0 Å². The SMILES string of the molecule is COc1ccc(C(C)=O)c(O[C@@H]2O[C@@H](COC(C)=O)[C@H](OC(C)=O)[C@@H](OC(C)=O)[C@@H]2OC(C)=O)c1. The first-order valence-electron chi connectivity index (χ1n) is 10.6. The number of carbonyl (C=O) groups is 5. The van der Waals surface area contributed by atoms with Crippen LogP contribution in [0.5, 0.6) is 11.5 Å². The van der Waals surface area contributed by atoms with Crippen LogP contribution in [0.3, 0.4) is 0 Å². The van der Waals surface area contributed by atoms with Crippen molar-refractivity contribution in [2.24, 2.45) is 0 Å². The molecule has 0 bridgehead atoms. The Bertz CT molecular complexity index is 971. The van der Waals surface area contributed by atoms with Crippen LogP contribution in [-0.4, -0.2) is 74.1 Å². The molecule has 0 aliphatic carbocycles. The van der Waals surface area contributed by atoms with Crippen LogP contribution >= 0.6 is 0 Å². The van der Waals surface area contributed by atoms with Gasteiger partial charge in [0.25, 0.3) is 0 Å². The Kier molecular flexibility index (Phi) is 9.58. The summed E-state index contributed by atoms with van der Waals surface area (Å²) in [5, 5.41) is 0. The number of ketones is 1. The summed E-state index contributed by atoms with van der Waals surface area (Å²) in [5.41, 5.74) is 0.165. The second-order valence-electron chi connectivity index (χ2n) is 7.60. The van der Waals surface area contributed by atoms with Gasteiger partial charge in [0, 0.05) is 33.8 Å². The minimum absolute atomic E-state index is 0.0257. The predicted octanol–water partition coefficient (Wildman–Crippen LogP) is 1.36. The Morgan fingerprint density at radius 1 is 0.800 bits per heavy atom. The van der Waals surface area contributed by atoms with Gasteiger partial charge in [-0.25, -0.2) is 0 Å². The Morgan fingerprint density at radius 3 is 1.89 bits per heavy atom. The van der Waals surface area contributed by atoms with Crippen LogP contribution in [0.2, 0.25) is 0 Å². The molecule has 12 nitrogen and oxygen atoms in total. The van der Waals surface area contributed by atoms with Crippen molar-refractivity contribution in [1.29, 1.82) is 0 Å². The van der Waals surface area contributed by atoms with E-state index < -0.39 is 61.2 Å². The number of rotatable bonds is 9. The molecule has 1 aliphatic rings. The number of hydrogen-bond acceptors (Lipinski definition) is 12. The highest BCUT2D eigenvalue weighted by Crippen LogP contribution is 2.33. The number of Topliss-reactive ketones (excluding diaryl/α,β-unsaturated/α-hetero) is 1. The van der Waals surface area contributed by atoms with Crippen molar-refractivity contribution in [3.63, 3.8) is 0 Å². The largest absolute Gasteiger partial charge is 0.497 e. The number of methoxy groups -OCH3 is 1. The van der Waals surface area contributed by atoms with E-state index in [1.165, 1.54) is 26.2 Å². The molecule has 0 N–H and O–H groups in total. The Balaban J connectivity index is 2.57. The maximum Gasteiger partial charge on any atom is 0.303 e. The summed E-state index contributed by atoms with van der Waals surface area (Å²) >= 11 is 0. The van der Waals surface area contributed by atoms with E-state index in [-0.39, 0.29) is 17.1 Å². The third-order valence-corrected chi connectivity index (χ3v) is 4.76. The van der Waals surface area contributed by atoms with Gasteiger partial charge in [0.2, 0.25) is 12.4 Å². The lowest BCUT2D eigenvalue weighted by Crippen LogP contribution is -2.63. The molecule has 0 spiro atoms. The molecule has 1 heterocycles. The molecule has 1 saturated heterocycles. The van der Waals surface area contributed by atoms with Gasteiger partial charge in [0.15, 0.2) is 18.0 Å². The first-order chi connectivity index (χ1) is 16.4. The quantitative estimate of drug-likeness (QED) is 0.276. The average molecular weight is 496 g/mol. The third kappa shape index (κ3) is 7.67. The Labute approximate surface area is 201 Å². The number of hydrogen-bond donors (Lipinski definition) is 0. The number of esters is 4. The third-order valence-electron chi connectivity index (χ3n) is 4.76. The molecule has 1 aromatic carbocycles. The molecule has 1 aliphatic heterocycles. The highest BCUT2D eigenvalue weighted by atomic mass is 16.7. The Hall–Kier alpha value is -3.67. The molecule has 12 heteroatoms. The van der Waals surface area contributed by atoms with Crippen molar-refractivity contribution in [3.05, 3.63) is 23.8 Å². The average Bonchev–Trinajstić information content (AvgIpc) is 2.75. The van der Waals surface area contributed by atoms with Crippen LogP contribution in [0.15, 0.2) is 18.2 Å². The lowest BCUT2D eigenvalue weighted by Gasteiger charge is -2.44. The normalized spacial score (nSPS) is 23.4. The van der Waals surface area contributed by atoms with Crippen molar-refractivity contribution < 1.29 is 57.1 Å². The summed E-state index contributed by atoms with van der Waals surface area (Å²) < 4.78 is 38.1. The van der Waals surface area contributed by atoms with Gasteiger partial charge < -0.3 is 33.2 Å². The second-order valence-corrected chi connectivity index (χ2v) is 7.60. The number of ether oxygens (including phenoxy) is 7. The van der Waals surface area contributed by atoms with E-state index in [0.29, 0.717) is 5.75 Å². The van der Waals surface area contributed by atoms with E-state index in [9.17, 15) is 24.0 Å². The fourth-order valence-corrected chi connectivity index (χ4v) is 3.43. The minimum atomic E-state index is -1.47. The van der Waals surface area contributed by atoms with Gasteiger partial charge in [-0.3, -0.25) is 24.0 Å². The molecule has 0 aromatic heterocycles. The summed E-state index contributed by atoms with van der Waals surface area (Å²) in [6, 6.07) is 4.45. The van der Waals surface area contributed by atoms with Crippen LogP contribution in [0.4, 0.5) is 0 Å². The molecule has 0 amide bonds. The van der Waals surface area contributed by atoms with Crippen LogP contribution in [0.1, 0.15) is 45.0 Å². The molecule has 0 saturated carbocycles. The molecule has 1 fully saturated rings. The van der Waals surface area contributed by atoms with E-state index in [4.69, 9.17) is 33.2 Å².